The van der Waals surface area contributed by atoms with Crippen LogP contribution >= 0.6 is 0 Å². The molecule has 4 nitrogen and oxygen atoms in total. The minimum absolute atomic E-state index is 0.0654. The highest BCUT2D eigenvalue weighted by Crippen LogP contribution is 2.20. The van der Waals surface area contributed by atoms with Crippen LogP contribution in [0.4, 0.5) is 0 Å². The molecule has 1 unspecified atom stereocenters. The molecule has 0 saturated carbocycles. The smallest absolute Gasteiger partial charge is 0.150 e. The minimum Gasteiger partial charge on any atom is -0.508 e. The molecule has 3 N–H and O–H groups in total. The highest BCUT2D eigenvalue weighted by molar-refractivity contribution is 5.31. The predicted molar refractivity (Wildman–Crippen MR) is 72.8 cm³/mol. The van der Waals surface area contributed by atoms with E-state index in [0.717, 1.165) is 5.56 Å². The van der Waals surface area contributed by atoms with Gasteiger partial charge in [-0.15, -0.1) is 5.48 Å². The third-order valence-corrected chi connectivity index (χ3v) is 2.76. The number of nitrogens with one attached hydrogen (secondary N) is 1. The second kappa shape index (κ2) is 6.78. The van der Waals surface area contributed by atoms with E-state index in [4.69, 9.17) is 9.94 Å². The van der Waals surface area contributed by atoms with Gasteiger partial charge in [0.15, 0.2) is 5.75 Å². The number of hydroxylamine groups is 1. The average Bonchev–Trinajstić information content (AvgIpc) is 2.44. The maximum absolute atomic E-state index is 9.35. The van der Waals surface area contributed by atoms with Crippen LogP contribution in [0.5, 0.6) is 11.5 Å². The fraction of sp³-hybridized carbons (Fsp3) is 0.200. The summed E-state index contributed by atoms with van der Waals surface area (Å²) < 4.78 is 0. The number of benzene rings is 2. The van der Waals surface area contributed by atoms with Crippen LogP contribution in [-0.2, 0) is 0 Å². The number of aromatic hydroxyl groups is 1. The van der Waals surface area contributed by atoms with Crippen molar-refractivity contribution in [2.75, 3.05) is 6.61 Å². The number of hydrogen-bond acceptors (Lipinski definition) is 4. The summed E-state index contributed by atoms with van der Waals surface area (Å²) in [5.41, 5.74) is 3.95. The number of phenolic OH excluding ortho intramolecular Hbond substituents is 1. The molecule has 0 radical (unpaired) electrons. The van der Waals surface area contributed by atoms with E-state index in [-0.39, 0.29) is 18.4 Å². The third kappa shape index (κ3) is 3.98. The Morgan fingerprint density at radius 2 is 1.84 bits per heavy atom. The molecule has 0 saturated heterocycles. The molecular weight excluding hydrogens is 242 g/mol. The lowest BCUT2D eigenvalue weighted by atomic mass is 10.1. The summed E-state index contributed by atoms with van der Waals surface area (Å²) >= 11 is 0. The second-order valence-corrected chi connectivity index (χ2v) is 4.19. The maximum atomic E-state index is 9.35. The van der Waals surface area contributed by atoms with Crippen molar-refractivity contribution in [3.63, 3.8) is 0 Å². The van der Waals surface area contributed by atoms with Crippen molar-refractivity contribution in [1.29, 1.82) is 0 Å². The van der Waals surface area contributed by atoms with Crippen LogP contribution in [0.15, 0.2) is 54.6 Å². The highest BCUT2D eigenvalue weighted by atomic mass is 16.6. The Balaban J connectivity index is 2.01. The molecule has 0 aromatic heterocycles. The van der Waals surface area contributed by atoms with Crippen LogP contribution in [0.2, 0.25) is 0 Å². The first-order chi connectivity index (χ1) is 9.29. The van der Waals surface area contributed by atoms with E-state index in [0.29, 0.717) is 12.2 Å². The first-order valence-corrected chi connectivity index (χ1v) is 6.17. The topological polar surface area (TPSA) is 61.7 Å². The molecule has 2 aromatic rings. The van der Waals surface area contributed by atoms with Crippen LogP contribution < -0.4 is 10.3 Å². The zero-order valence-corrected chi connectivity index (χ0v) is 10.5. The third-order valence-electron chi connectivity index (χ3n) is 2.76. The summed E-state index contributed by atoms with van der Waals surface area (Å²) in [6, 6.07) is 16.2. The number of rotatable bonds is 6. The van der Waals surface area contributed by atoms with Gasteiger partial charge in [-0.3, -0.25) is 0 Å². The molecule has 4 heteroatoms. The summed E-state index contributed by atoms with van der Waals surface area (Å²) in [6.07, 6.45) is 0.544. The molecule has 0 aliphatic heterocycles. The van der Waals surface area contributed by atoms with E-state index < -0.39 is 0 Å². The van der Waals surface area contributed by atoms with Crippen molar-refractivity contribution in [2.24, 2.45) is 0 Å². The fourth-order valence-corrected chi connectivity index (χ4v) is 1.79. The number of aliphatic hydroxyl groups excluding tert-OH is 1. The Hall–Kier alpha value is -2.04. The van der Waals surface area contributed by atoms with Crippen molar-refractivity contribution in [1.82, 2.24) is 5.48 Å². The second-order valence-electron chi connectivity index (χ2n) is 4.19. The maximum Gasteiger partial charge on any atom is 0.150 e. The van der Waals surface area contributed by atoms with E-state index in [1.165, 1.54) is 6.07 Å². The lowest BCUT2D eigenvalue weighted by Gasteiger charge is -2.18. The molecule has 0 aliphatic carbocycles. The summed E-state index contributed by atoms with van der Waals surface area (Å²) in [6.45, 7) is 0.0654. The molecule has 2 aromatic carbocycles. The standard InChI is InChI=1S/C15H17NO3/c17-10-9-15(12-5-2-1-3-6-12)16-19-14-8-4-7-13(18)11-14/h1-8,11,15-18H,9-10H2. The Labute approximate surface area is 112 Å². The van der Waals surface area contributed by atoms with Gasteiger partial charge in [-0.05, 0) is 24.1 Å². The van der Waals surface area contributed by atoms with Gasteiger partial charge in [0.25, 0.3) is 0 Å². The Morgan fingerprint density at radius 1 is 1.05 bits per heavy atom. The zero-order valence-electron chi connectivity index (χ0n) is 10.5. The van der Waals surface area contributed by atoms with Crippen molar-refractivity contribution >= 4 is 0 Å². The van der Waals surface area contributed by atoms with Crippen LogP contribution in [0.25, 0.3) is 0 Å². The van der Waals surface area contributed by atoms with Gasteiger partial charge in [0.1, 0.15) is 5.75 Å². The van der Waals surface area contributed by atoms with Crippen molar-refractivity contribution in [2.45, 2.75) is 12.5 Å². The molecule has 100 valence electrons. The van der Waals surface area contributed by atoms with E-state index in [9.17, 15) is 5.11 Å². The molecule has 0 bridgehead atoms. The predicted octanol–water partition coefficient (Wildman–Crippen LogP) is 2.40. The van der Waals surface area contributed by atoms with Crippen LogP contribution in [-0.4, -0.2) is 16.8 Å². The molecule has 0 spiro atoms. The Morgan fingerprint density at radius 3 is 2.53 bits per heavy atom. The zero-order chi connectivity index (χ0) is 13.5. The molecule has 2 rings (SSSR count). The van der Waals surface area contributed by atoms with Crippen LogP contribution in [0.1, 0.15) is 18.0 Å². The van der Waals surface area contributed by atoms with Gasteiger partial charge in [-0.25, -0.2) is 0 Å². The molecule has 1 atom stereocenters. The summed E-state index contributed by atoms with van der Waals surface area (Å²) in [4.78, 5) is 5.43. The largest absolute Gasteiger partial charge is 0.508 e. The van der Waals surface area contributed by atoms with Gasteiger partial charge >= 0.3 is 0 Å². The van der Waals surface area contributed by atoms with Crippen molar-refractivity contribution < 1.29 is 15.1 Å². The monoisotopic (exact) mass is 259 g/mol. The van der Waals surface area contributed by atoms with Crippen molar-refractivity contribution in [3.8, 4) is 11.5 Å². The number of aliphatic hydroxyl groups is 1. The Kier molecular flexibility index (Phi) is 4.78. The van der Waals surface area contributed by atoms with Crippen molar-refractivity contribution in [3.05, 3.63) is 60.2 Å². The molecule has 0 fully saturated rings. The van der Waals surface area contributed by atoms with Gasteiger partial charge in [-0.1, -0.05) is 36.4 Å². The first-order valence-electron chi connectivity index (χ1n) is 6.17. The average molecular weight is 259 g/mol. The SMILES string of the molecule is OCCC(NOc1cccc(O)c1)c1ccccc1. The van der Waals surface area contributed by atoms with E-state index in [1.807, 2.05) is 30.3 Å². The molecule has 19 heavy (non-hydrogen) atoms. The van der Waals surface area contributed by atoms with E-state index in [2.05, 4.69) is 5.48 Å². The highest BCUT2D eigenvalue weighted by Gasteiger charge is 2.11. The van der Waals surface area contributed by atoms with E-state index >= 15 is 0 Å². The lowest BCUT2D eigenvalue weighted by molar-refractivity contribution is 0.134. The molecule has 0 heterocycles. The van der Waals surface area contributed by atoms with Gasteiger partial charge in [0.2, 0.25) is 0 Å². The van der Waals surface area contributed by atoms with Crippen LogP contribution in [0, 0.1) is 0 Å². The van der Waals surface area contributed by atoms with Gasteiger partial charge < -0.3 is 15.1 Å². The summed E-state index contributed by atoms with van der Waals surface area (Å²) in [5.74, 6) is 0.677. The fourth-order valence-electron chi connectivity index (χ4n) is 1.79. The number of hydrogen-bond donors (Lipinski definition) is 3. The lowest BCUT2D eigenvalue weighted by Crippen LogP contribution is -2.25. The quantitative estimate of drug-likeness (QED) is 0.697. The minimum atomic E-state index is -0.103. The number of phenols is 1. The van der Waals surface area contributed by atoms with Gasteiger partial charge in [0.05, 0.1) is 6.04 Å². The Bertz CT molecular complexity index is 502. The summed E-state index contributed by atoms with van der Waals surface area (Å²) in [7, 11) is 0. The molecular formula is C15H17NO3. The summed E-state index contributed by atoms with van der Waals surface area (Å²) in [5, 5.41) is 18.5. The van der Waals surface area contributed by atoms with Gasteiger partial charge in [0, 0.05) is 12.7 Å². The van der Waals surface area contributed by atoms with Crippen LogP contribution in [0.3, 0.4) is 0 Å². The van der Waals surface area contributed by atoms with Gasteiger partial charge in [-0.2, -0.15) is 0 Å². The normalized spacial score (nSPS) is 12.1. The van der Waals surface area contributed by atoms with E-state index in [1.54, 1.807) is 18.2 Å². The molecule has 0 amide bonds. The molecule has 0 aliphatic rings. The first kappa shape index (κ1) is 13.4.